The summed E-state index contributed by atoms with van der Waals surface area (Å²) in [5.74, 6) is 0.245. The summed E-state index contributed by atoms with van der Waals surface area (Å²) in [6.45, 7) is 1.06. The third-order valence-electron chi connectivity index (χ3n) is 3.24. The maximum absolute atomic E-state index is 11.6. The number of ketones is 1. The van der Waals surface area contributed by atoms with Crippen molar-refractivity contribution in [2.24, 2.45) is 0 Å². The summed E-state index contributed by atoms with van der Waals surface area (Å²) in [6.07, 6.45) is 8.13. The van der Waals surface area contributed by atoms with Gasteiger partial charge >= 0.3 is 0 Å². The van der Waals surface area contributed by atoms with E-state index in [1.165, 1.54) is 6.42 Å². The molecule has 2 aliphatic heterocycles. The average molecular weight is 203 g/mol. The van der Waals surface area contributed by atoms with Crippen LogP contribution in [0.25, 0.3) is 5.70 Å². The van der Waals surface area contributed by atoms with Crippen LogP contribution in [-0.4, -0.2) is 23.3 Å². The van der Waals surface area contributed by atoms with E-state index in [-0.39, 0.29) is 5.78 Å². The molecule has 15 heavy (non-hydrogen) atoms. The highest BCUT2D eigenvalue weighted by Crippen LogP contribution is 2.33. The number of hydrogen-bond acceptors (Lipinski definition) is 3. The first kappa shape index (κ1) is 8.77. The zero-order chi connectivity index (χ0) is 10.3. The van der Waals surface area contributed by atoms with Gasteiger partial charge in [-0.05, 0) is 18.9 Å². The van der Waals surface area contributed by atoms with E-state index in [0.717, 1.165) is 24.2 Å². The van der Waals surface area contributed by atoms with Gasteiger partial charge in [-0.25, -0.2) is 0 Å². The molecule has 1 atom stereocenters. The Morgan fingerprint density at radius 1 is 1.47 bits per heavy atom. The summed E-state index contributed by atoms with van der Waals surface area (Å²) in [5, 5.41) is 0. The molecule has 1 aromatic heterocycles. The Balaban J connectivity index is 2.01. The number of carbonyl (C=O) groups is 1. The first-order chi connectivity index (χ1) is 7.34. The van der Waals surface area contributed by atoms with Crippen molar-refractivity contribution in [2.45, 2.75) is 25.3 Å². The van der Waals surface area contributed by atoms with E-state index in [4.69, 9.17) is 4.42 Å². The van der Waals surface area contributed by atoms with Gasteiger partial charge < -0.3 is 9.32 Å². The zero-order valence-electron chi connectivity index (χ0n) is 8.48. The lowest BCUT2D eigenvalue weighted by Gasteiger charge is -2.31. The van der Waals surface area contributed by atoms with Crippen molar-refractivity contribution in [3.8, 4) is 0 Å². The number of furan rings is 1. The highest BCUT2D eigenvalue weighted by molar-refractivity contribution is 5.98. The number of carbonyl (C=O) groups excluding carboxylic acids is 1. The van der Waals surface area contributed by atoms with Crippen LogP contribution in [-0.2, 0) is 4.79 Å². The zero-order valence-corrected chi connectivity index (χ0v) is 8.48. The van der Waals surface area contributed by atoms with E-state index in [0.29, 0.717) is 12.5 Å². The second kappa shape index (κ2) is 3.26. The molecule has 3 nitrogen and oxygen atoms in total. The molecule has 1 fully saturated rings. The number of allylic oxidation sites excluding steroid dienone is 1. The standard InChI is InChI=1S/C12H13NO2/c14-11-6-10-2-1-4-13(10)12(7-11)9-3-5-15-8-9/h3,5,7-8,10H,1-2,4,6H2/t10-/m0/s1. The van der Waals surface area contributed by atoms with Crippen LogP contribution in [0.4, 0.5) is 0 Å². The van der Waals surface area contributed by atoms with Gasteiger partial charge in [0.2, 0.25) is 0 Å². The summed E-state index contributed by atoms with van der Waals surface area (Å²) >= 11 is 0. The second-order valence-corrected chi connectivity index (χ2v) is 4.20. The Bertz CT molecular complexity index is 405. The predicted molar refractivity (Wildman–Crippen MR) is 56.0 cm³/mol. The number of hydrogen-bond donors (Lipinski definition) is 0. The fourth-order valence-corrected chi connectivity index (χ4v) is 2.55. The van der Waals surface area contributed by atoms with Gasteiger partial charge in [0, 0.05) is 30.6 Å². The van der Waals surface area contributed by atoms with Crippen LogP contribution < -0.4 is 0 Å². The Hall–Kier alpha value is -1.51. The van der Waals surface area contributed by atoms with Crippen molar-refractivity contribution < 1.29 is 9.21 Å². The maximum atomic E-state index is 11.6. The molecule has 3 rings (SSSR count). The molecule has 78 valence electrons. The van der Waals surface area contributed by atoms with Crippen LogP contribution in [0.3, 0.4) is 0 Å². The number of fused-ring (bicyclic) bond motifs is 1. The quantitative estimate of drug-likeness (QED) is 0.700. The normalized spacial score (nSPS) is 25.3. The molecule has 0 N–H and O–H groups in total. The van der Waals surface area contributed by atoms with E-state index in [1.807, 2.05) is 6.07 Å². The highest BCUT2D eigenvalue weighted by Gasteiger charge is 2.32. The van der Waals surface area contributed by atoms with Crippen LogP contribution in [0.15, 0.2) is 29.1 Å². The molecule has 0 aromatic carbocycles. The van der Waals surface area contributed by atoms with Crippen molar-refractivity contribution in [3.63, 3.8) is 0 Å². The molecule has 2 aliphatic rings. The molecule has 0 spiro atoms. The van der Waals surface area contributed by atoms with Crippen LogP contribution in [0, 0.1) is 0 Å². The molecule has 0 saturated carbocycles. The Kier molecular flexibility index (Phi) is 1.91. The Morgan fingerprint density at radius 3 is 3.20 bits per heavy atom. The van der Waals surface area contributed by atoms with E-state index in [2.05, 4.69) is 4.90 Å². The molecule has 0 amide bonds. The van der Waals surface area contributed by atoms with Crippen LogP contribution >= 0.6 is 0 Å². The smallest absolute Gasteiger partial charge is 0.159 e. The molecule has 1 aromatic rings. The molecular formula is C12H13NO2. The minimum Gasteiger partial charge on any atom is -0.472 e. The molecule has 1 saturated heterocycles. The first-order valence-electron chi connectivity index (χ1n) is 5.38. The monoisotopic (exact) mass is 203 g/mol. The lowest BCUT2D eigenvalue weighted by Crippen LogP contribution is -2.33. The number of rotatable bonds is 1. The summed E-state index contributed by atoms with van der Waals surface area (Å²) in [4.78, 5) is 13.9. The summed E-state index contributed by atoms with van der Waals surface area (Å²) in [7, 11) is 0. The summed E-state index contributed by atoms with van der Waals surface area (Å²) < 4.78 is 5.07. The van der Waals surface area contributed by atoms with Gasteiger partial charge in [-0.2, -0.15) is 0 Å². The van der Waals surface area contributed by atoms with Crippen molar-refractivity contribution in [2.75, 3.05) is 6.54 Å². The predicted octanol–water partition coefficient (Wildman–Crippen LogP) is 2.06. The molecule has 0 bridgehead atoms. The van der Waals surface area contributed by atoms with Crippen molar-refractivity contribution in [1.29, 1.82) is 0 Å². The summed E-state index contributed by atoms with van der Waals surface area (Å²) in [6, 6.07) is 2.34. The van der Waals surface area contributed by atoms with Crippen molar-refractivity contribution >= 4 is 11.5 Å². The van der Waals surface area contributed by atoms with E-state index >= 15 is 0 Å². The van der Waals surface area contributed by atoms with Gasteiger partial charge in [-0.15, -0.1) is 0 Å². The van der Waals surface area contributed by atoms with Gasteiger partial charge in [0.1, 0.15) is 0 Å². The van der Waals surface area contributed by atoms with E-state index in [1.54, 1.807) is 18.6 Å². The molecule has 0 aliphatic carbocycles. The first-order valence-corrected chi connectivity index (χ1v) is 5.38. The lowest BCUT2D eigenvalue weighted by atomic mass is 10.0. The second-order valence-electron chi connectivity index (χ2n) is 4.20. The fourth-order valence-electron chi connectivity index (χ4n) is 2.55. The van der Waals surface area contributed by atoms with Gasteiger partial charge in [0.25, 0.3) is 0 Å². The van der Waals surface area contributed by atoms with Crippen LogP contribution in [0.2, 0.25) is 0 Å². The molecular weight excluding hydrogens is 190 g/mol. The molecule has 3 heterocycles. The topological polar surface area (TPSA) is 33.5 Å². The van der Waals surface area contributed by atoms with Crippen LogP contribution in [0.1, 0.15) is 24.8 Å². The minimum absolute atomic E-state index is 0.245. The fraction of sp³-hybridized carbons (Fsp3) is 0.417. The Labute approximate surface area is 88.4 Å². The average Bonchev–Trinajstić information content (AvgIpc) is 2.86. The SMILES string of the molecule is O=C1C=C(c2ccoc2)N2CCC[C@H]2C1. The maximum Gasteiger partial charge on any atom is 0.159 e. The number of nitrogens with zero attached hydrogens (tertiary/aromatic N) is 1. The third-order valence-corrected chi connectivity index (χ3v) is 3.24. The minimum atomic E-state index is 0.245. The molecule has 0 unspecified atom stereocenters. The molecule has 0 radical (unpaired) electrons. The van der Waals surface area contributed by atoms with Crippen molar-refractivity contribution in [1.82, 2.24) is 4.90 Å². The lowest BCUT2D eigenvalue weighted by molar-refractivity contribution is -0.115. The largest absolute Gasteiger partial charge is 0.472 e. The van der Waals surface area contributed by atoms with E-state index in [9.17, 15) is 4.79 Å². The van der Waals surface area contributed by atoms with Crippen molar-refractivity contribution in [3.05, 3.63) is 30.2 Å². The van der Waals surface area contributed by atoms with Crippen LogP contribution in [0.5, 0.6) is 0 Å². The summed E-state index contributed by atoms with van der Waals surface area (Å²) in [5.41, 5.74) is 2.07. The van der Waals surface area contributed by atoms with Gasteiger partial charge in [-0.3, -0.25) is 4.79 Å². The van der Waals surface area contributed by atoms with Gasteiger partial charge in [-0.1, -0.05) is 0 Å². The Morgan fingerprint density at radius 2 is 2.40 bits per heavy atom. The highest BCUT2D eigenvalue weighted by atomic mass is 16.3. The van der Waals surface area contributed by atoms with E-state index < -0.39 is 0 Å². The third kappa shape index (κ3) is 1.39. The van der Waals surface area contributed by atoms with Gasteiger partial charge in [0.05, 0.1) is 18.2 Å². The molecule has 3 heteroatoms. The van der Waals surface area contributed by atoms with Gasteiger partial charge in [0.15, 0.2) is 5.78 Å².